The van der Waals surface area contributed by atoms with E-state index in [1.165, 1.54) is 51.5 Å². The zero-order valence-electron chi connectivity index (χ0n) is 12.0. The SMILES string of the molecule is CC1CC(C)CC(NCC2CCCCC2C)C1. The van der Waals surface area contributed by atoms with E-state index in [0.29, 0.717) is 0 Å². The van der Waals surface area contributed by atoms with Crippen LogP contribution in [0.25, 0.3) is 0 Å². The van der Waals surface area contributed by atoms with Crippen molar-refractivity contribution in [2.24, 2.45) is 23.7 Å². The van der Waals surface area contributed by atoms with Crippen molar-refractivity contribution < 1.29 is 0 Å². The summed E-state index contributed by atoms with van der Waals surface area (Å²) >= 11 is 0. The molecule has 1 heteroatoms. The van der Waals surface area contributed by atoms with Gasteiger partial charge in [-0.25, -0.2) is 0 Å². The van der Waals surface area contributed by atoms with Gasteiger partial charge in [0.15, 0.2) is 0 Å². The van der Waals surface area contributed by atoms with Crippen LogP contribution in [0.15, 0.2) is 0 Å². The first-order chi connectivity index (χ1) is 8.15. The first-order valence-corrected chi connectivity index (χ1v) is 7.88. The minimum Gasteiger partial charge on any atom is -0.314 e. The van der Waals surface area contributed by atoms with Crippen molar-refractivity contribution in [2.75, 3.05) is 6.54 Å². The lowest BCUT2D eigenvalue weighted by Gasteiger charge is -2.35. The summed E-state index contributed by atoms with van der Waals surface area (Å²) < 4.78 is 0. The lowest BCUT2D eigenvalue weighted by Crippen LogP contribution is -2.40. The van der Waals surface area contributed by atoms with Crippen molar-refractivity contribution in [1.29, 1.82) is 0 Å². The summed E-state index contributed by atoms with van der Waals surface area (Å²) in [6, 6.07) is 0.808. The molecule has 0 aromatic rings. The van der Waals surface area contributed by atoms with Crippen molar-refractivity contribution in [3.63, 3.8) is 0 Å². The zero-order valence-corrected chi connectivity index (χ0v) is 12.0. The Morgan fingerprint density at radius 1 is 0.882 bits per heavy atom. The Kier molecular flexibility index (Phi) is 4.90. The molecular weight excluding hydrogens is 206 g/mol. The molecule has 0 aromatic carbocycles. The maximum Gasteiger partial charge on any atom is 0.00722 e. The third-order valence-corrected chi connectivity index (χ3v) is 5.14. The van der Waals surface area contributed by atoms with E-state index in [4.69, 9.17) is 0 Å². The van der Waals surface area contributed by atoms with E-state index in [0.717, 1.165) is 29.7 Å². The summed E-state index contributed by atoms with van der Waals surface area (Å²) in [5, 5.41) is 3.88. The molecule has 17 heavy (non-hydrogen) atoms. The van der Waals surface area contributed by atoms with E-state index in [-0.39, 0.29) is 0 Å². The summed E-state index contributed by atoms with van der Waals surface area (Å²) in [7, 11) is 0. The quantitative estimate of drug-likeness (QED) is 0.774. The van der Waals surface area contributed by atoms with E-state index in [2.05, 4.69) is 26.1 Å². The van der Waals surface area contributed by atoms with Crippen molar-refractivity contribution in [1.82, 2.24) is 5.32 Å². The Balaban J connectivity index is 1.73. The minimum absolute atomic E-state index is 0.808. The second-order valence-electron chi connectivity index (χ2n) is 7.04. The van der Waals surface area contributed by atoms with Gasteiger partial charge in [0.25, 0.3) is 0 Å². The van der Waals surface area contributed by atoms with Crippen molar-refractivity contribution in [3.8, 4) is 0 Å². The molecule has 0 aliphatic heterocycles. The van der Waals surface area contributed by atoms with Crippen LogP contribution in [0.3, 0.4) is 0 Å². The average molecular weight is 237 g/mol. The maximum atomic E-state index is 3.88. The summed E-state index contributed by atoms with van der Waals surface area (Å²) in [6.45, 7) is 8.59. The number of hydrogen-bond donors (Lipinski definition) is 1. The highest BCUT2D eigenvalue weighted by Crippen LogP contribution is 2.31. The van der Waals surface area contributed by atoms with Crippen LogP contribution in [0.5, 0.6) is 0 Å². The van der Waals surface area contributed by atoms with Crippen LogP contribution in [0.2, 0.25) is 0 Å². The lowest BCUT2D eigenvalue weighted by atomic mass is 9.78. The van der Waals surface area contributed by atoms with E-state index in [1.807, 2.05) is 0 Å². The standard InChI is InChI=1S/C16H31N/c1-12-8-13(2)10-16(9-12)17-11-15-7-5-4-6-14(15)3/h12-17H,4-11H2,1-3H3. The Hall–Kier alpha value is -0.0400. The molecule has 0 heterocycles. The van der Waals surface area contributed by atoms with Crippen LogP contribution in [0.4, 0.5) is 0 Å². The fourth-order valence-corrected chi connectivity index (χ4v) is 4.13. The molecule has 2 aliphatic carbocycles. The van der Waals surface area contributed by atoms with Crippen LogP contribution in [-0.2, 0) is 0 Å². The molecule has 0 spiro atoms. The summed E-state index contributed by atoms with van der Waals surface area (Å²) in [4.78, 5) is 0. The highest BCUT2D eigenvalue weighted by Gasteiger charge is 2.26. The Morgan fingerprint density at radius 3 is 2.18 bits per heavy atom. The molecule has 2 rings (SSSR count). The van der Waals surface area contributed by atoms with Gasteiger partial charge in [-0.05, 0) is 55.9 Å². The highest BCUT2D eigenvalue weighted by molar-refractivity contribution is 4.82. The molecule has 4 atom stereocenters. The number of nitrogens with one attached hydrogen (secondary N) is 1. The van der Waals surface area contributed by atoms with Gasteiger partial charge in [-0.2, -0.15) is 0 Å². The molecule has 100 valence electrons. The first-order valence-electron chi connectivity index (χ1n) is 7.88. The summed E-state index contributed by atoms with van der Waals surface area (Å²) in [6.07, 6.45) is 10.1. The number of rotatable bonds is 3. The molecule has 0 bridgehead atoms. The average Bonchev–Trinajstić information content (AvgIpc) is 2.27. The molecule has 2 saturated carbocycles. The van der Waals surface area contributed by atoms with Gasteiger partial charge in [0.05, 0.1) is 0 Å². The van der Waals surface area contributed by atoms with E-state index in [9.17, 15) is 0 Å². The summed E-state index contributed by atoms with van der Waals surface area (Å²) in [5.74, 6) is 3.77. The molecule has 0 radical (unpaired) electrons. The monoisotopic (exact) mass is 237 g/mol. The first kappa shape index (κ1) is 13.4. The predicted molar refractivity (Wildman–Crippen MR) is 75.1 cm³/mol. The Labute approximate surface area is 108 Å². The lowest BCUT2D eigenvalue weighted by molar-refractivity contribution is 0.201. The van der Waals surface area contributed by atoms with Gasteiger partial charge in [-0.1, -0.05) is 40.0 Å². The van der Waals surface area contributed by atoms with Gasteiger partial charge in [-0.3, -0.25) is 0 Å². The van der Waals surface area contributed by atoms with Gasteiger partial charge >= 0.3 is 0 Å². The molecule has 2 fully saturated rings. The van der Waals surface area contributed by atoms with Crippen molar-refractivity contribution in [3.05, 3.63) is 0 Å². The van der Waals surface area contributed by atoms with Crippen LogP contribution in [0.1, 0.15) is 65.7 Å². The highest BCUT2D eigenvalue weighted by atomic mass is 14.9. The van der Waals surface area contributed by atoms with E-state index < -0.39 is 0 Å². The fraction of sp³-hybridized carbons (Fsp3) is 1.00. The molecule has 0 aromatic heterocycles. The second kappa shape index (κ2) is 6.22. The van der Waals surface area contributed by atoms with Crippen molar-refractivity contribution in [2.45, 2.75) is 71.8 Å². The van der Waals surface area contributed by atoms with Gasteiger partial charge in [0.1, 0.15) is 0 Å². The minimum atomic E-state index is 0.808. The van der Waals surface area contributed by atoms with Gasteiger partial charge in [0, 0.05) is 6.04 Å². The third-order valence-electron chi connectivity index (χ3n) is 5.14. The van der Waals surface area contributed by atoms with Gasteiger partial charge < -0.3 is 5.32 Å². The smallest absolute Gasteiger partial charge is 0.00722 e. The molecule has 2 aliphatic rings. The number of hydrogen-bond acceptors (Lipinski definition) is 1. The Morgan fingerprint density at radius 2 is 1.53 bits per heavy atom. The van der Waals surface area contributed by atoms with Gasteiger partial charge in [-0.15, -0.1) is 0 Å². The molecular formula is C16H31N. The van der Waals surface area contributed by atoms with Crippen LogP contribution >= 0.6 is 0 Å². The molecule has 0 saturated heterocycles. The van der Waals surface area contributed by atoms with E-state index >= 15 is 0 Å². The second-order valence-corrected chi connectivity index (χ2v) is 7.04. The van der Waals surface area contributed by atoms with Gasteiger partial charge in [0.2, 0.25) is 0 Å². The maximum absolute atomic E-state index is 3.88. The largest absolute Gasteiger partial charge is 0.314 e. The zero-order chi connectivity index (χ0) is 12.3. The fourth-order valence-electron chi connectivity index (χ4n) is 4.13. The molecule has 4 unspecified atom stereocenters. The van der Waals surface area contributed by atoms with Crippen LogP contribution in [0, 0.1) is 23.7 Å². The Bertz CT molecular complexity index is 216. The molecule has 1 N–H and O–H groups in total. The molecule has 1 nitrogen and oxygen atoms in total. The normalized spacial score (nSPS) is 43.6. The predicted octanol–water partition coefficient (Wildman–Crippen LogP) is 4.23. The van der Waals surface area contributed by atoms with Crippen molar-refractivity contribution >= 4 is 0 Å². The molecule has 0 amide bonds. The summed E-state index contributed by atoms with van der Waals surface area (Å²) in [5.41, 5.74) is 0. The van der Waals surface area contributed by atoms with Crippen LogP contribution in [-0.4, -0.2) is 12.6 Å². The van der Waals surface area contributed by atoms with Crippen LogP contribution < -0.4 is 5.32 Å². The third kappa shape index (κ3) is 3.98. The topological polar surface area (TPSA) is 12.0 Å². The van der Waals surface area contributed by atoms with E-state index in [1.54, 1.807) is 0 Å².